The van der Waals surface area contributed by atoms with Gasteiger partial charge in [0.2, 0.25) is 0 Å². The first-order chi connectivity index (χ1) is 12.6. The van der Waals surface area contributed by atoms with Crippen LogP contribution >= 0.6 is 0 Å². The van der Waals surface area contributed by atoms with Gasteiger partial charge < -0.3 is 10.4 Å². The van der Waals surface area contributed by atoms with E-state index in [0.717, 1.165) is 42.9 Å². The fourth-order valence-electron chi connectivity index (χ4n) is 3.91. The van der Waals surface area contributed by atoms with Crippen LogP contribution < -0.4 is 5.32 Å². The van der Waals surface area contributed by atoms with Gasteiger partial charge in [0.25, 0.3) is 0 Å². The Hall–Kier alpha value is -2.14. The minimum Gasteiger partial charge on any atom is -0.480 e. The lowest BCUT2D eigenvalue weighted by atomic mass is 9.85. The van der Waals surface area contributed by atoms with E-state index >= 15 is 0 Å². The van der Waals surface area contributed by atoms with E-state index in [2.05, 4.69) is 40.3 Å². The number of pyridine rings is 1. The summed E-state index contributed by atoms with van der Waals surface area (Å²) in [6.07, 6.45) is 7.41. The lowest BCUT2D eigenvalue weighted by Gasteiger charge is -2.43. The topological polar surface area (TPSA) is 65.5 Å². The van der Waals surface area contributed by atoms with Gasteiger partial charge in [-0.3, -0.25) is 14.7 Å². The lowest BCUT2D eigenvalue weighted by Crippen LogP contribution is -2.52. The fraction of sp³-hybridized carbons (Fsp3) is 0.524. The number of rotatable bonds is 8. The Bertz CT molecular complexity index is 797. The van der Waals surface area contributed by atoms with Crippen molar-refractivity contribution in [3.63, 3.8) is 0 Å². The van der Waals surface area contributed by atoms with Gasteiger partial charge in [-0.2, -0.15) is 0 Å². The third-order valence-corrected chi connectivity index (χ3v) is 5.73. The zero-order valence-corrected chi connectivity index (χ0v) is 15.3. The molecule has 2 aliphatic rings. The van der Waals surface area contributed by atoms with Crippen LogP contribution in [0.2, 0.25) is 0 Å². The molecular formula is C21H27N3O2. The maximum atomic E-state index is 11.2. The number of hydrogen-bond acceptors (Lipinski definition) is 4. The summed E-state index contributed by atoms with van der Waals surface area (Å²) >= 11 is 0. The molecule has 0 bridgehead atoms. The Kier molecular flexibility index (Phi) is 4.81. The molecule has 0 unspecified atom stereocenters. The van der Waals surface area contributed by atoms with Gasteiger partial charge in [0.1, 0.15) is 0 Å². The van der Waals surface area contributed by atoms with E-state index < -0.39 is 5.97 Å². The average molecular weight is 353 g/mol. The zero-order chi connectivity index (χ0) is 18.1. The first-order valence-electron chi connectivity index (χ1n) is 9.72. The summed E-state index contributed by atoms with van der Waals surface area (Å²) < 4.78 is 0. The number of aliphatic carboxylic acids is 1. The van der Waals surface area contributed by atoms with Crippen LogP contribution in [0.4, 0.5) is 5.69 Å². The van der Waals surface area contributed by atoms with Crippen molar-refractivity contribution >= 4 is 22.6 Å². The van der Waals surface area contributed by atoms with Crippen LogP contribution in [0.15, 0.2) is 30.5 Å². The van der Waals surface area contributed by atoms with E-state index in [4.69, 9.17) is 0 Å². The maximum absolute atomic E-state index is 11.2. The molecule has 0 amide bonds. The number of benzene rings is 1. The number of nitrogens with one attached hydrogen (secondary N) is 1. The number of nitrogens with zero attached hydrogens (tertiary/aromatic N) is 2. The normalized spacial score (nSPS) is 22.4. The molecule has 2 aliphatic carbocycles. The van der Waals surface area contributed by atoms with Gasteiger partial charge in [-0.05, 0) is 61.8 Å². The number of carbonyl (C=O) groups is 1. The summed E-state index contributed by atoms with van der Waals surface area (Å²) in [6, 6.07) is 9.31. The third kappa shape index (κ3) is 3.83. The largest absolute Gasteiger partial charge is 0.480 e. The van der Waals surface area contributed by atoms with Crippen molar-refractivity contribution in [2.75, 3.05) is 18.4 Å². The minimum absolute atomic E-state index is 0.173. The molecule has 138 valence electrons. The Morgan fingerprint density at radius 3 is 2.81 bits per heavy atom. The minimum atomic E-state index is -0.714. The van der Waals surface area contributed by atoms with Crippen molar-refractivity contribution in [3.8, 4) is 0 Å². The molecule has 26 heavy (non-hydrogen) atoms. The number of aromatic nitrogens is 1. The highest BCUT2D eigenvalue weighted by Gasteiger charge is 2.37. The third-order valence-electron chi connectivity index (χ3n) is 5.73. The van der Waals surface area contributed by atoms with Crippen molar-refractivity contribution in [1.82, 2.24) is 9.88 Å². The van der Waals surface area contributed by atoms with Crippen LogP contribution in [0.3, 0.4) is 0 Å². The Morgan fingerprint density at radius 2 is 2.12 bits per heavy atom. The smallest absolute Gasteiger partial charge is 0.317 e. The molecule has 0 radical (unpaired) electrons. The van der Waals surface area contributed by atoms with Crippen molar-refractivity contribution in [3.05, 3.63) is 36.0 Å². The van der Waals surface area contributed by atoms with Crippen LogP contribution in [0.1, 0.15) is 38.2 Å². The molecule has 1 aromatic carbocycles. The fourth-order valence-corrected chi connectivity index (χ4v) is 3.91. The van der Waals surface area contributed by atoms with Gasteiger partial charge in [-0.15, -0.1) is 0 Å². The molecule has 2 saturated carbocycles. The summed E-state index contributed by atoms with van der Waals surface area (Å²) in [5, 5.41) is 14.0. The number of anilines is 1. The molecule has 5 nitrogen and oxygen atoms in total. The van der Waals surface area contributed by atoms with Crippen molar-refractivity contribution in [1.29, 1.82) is 0 Å². The van der Waals surface area contributed by atoms with Crippen LogP contribution in [0, 0.1) is 5.92 Å². The van der Waals surface area contributed by atoms with E-state index in [0.29, 0.717) is 12.1 Å². The quantitative estimate of drug-likeness (QED) is 0.760. The Labute approximate surface area is 154 Å². The zero-order valence-electron chi connectivity index (χ0n) is 15.3. The Balaban J connectivity index is 1.41. The SMILES string of the molecule is CCc1ccc2nccc(NC3CC(N(CC(=O)O)CC4CC4)C3)c2c1. The highest BCUT2D eigenvalue weighted by molar-refractivity contribution is 5.91. The molecule has 0 atom stereocenters. The molecule has 2 fully saturated rings. The second kappa shape index (κ2) is 7.23. The van der Waals surface area contributed by atoms with Crippen LogP contribution in [-0.4, -0.2) is 46.1 Å². The molecule has 1 aromatic heterocycles. The van der Waals surface area contributed by atoms with Crippen LogP contribution in [0.5, 0.6) is 0 Å². The summed E-state index contributed by atoms with van der Waals surface area (Å²) in [4.78, 5) is 17.8. The van der Waals surface area contributed by atoms with E-state index in [1.54, 1.807) is 0 Å². The predicted octanol–water partition coefficient (Wildman–Crippen LogP) is 3.54. The monoisotopic (exact) mass is 353 g/mol. The van der Waals surface area contributed by atoms with Crippen molar-refractivity contribution in [2.45, 2.75) is 51.1 Å². The van der Waals surface area contributed by atoms with Crippen molar-refractivity contribution < 1.29 is 9.90 Å². The van der Waals surface area contributed by atoms with Crippen molar-refractivity contribution in [2.24, 2.45) is 5.92 Å². The second-order valence-electron chi connectivity index (χ2n) is 7.80. The predicted molar refractivity (Wildman–Crippen MR) is 103 cm³/mol. The van der Waals surface area contributed by atoms with Crippen LogP contribution in [0.25, 0.3) is 10.9 Å². The van der Waals surface area contributed by atoms with E-state index in [-0.39, 0.29) is 6.54 Å². The van der Waals surface area contributed by atoms with Gasteiger partial charge in [0.15, 0.2) is 0 Å². The molecule has 0 saturated heterocycles. The molecule has 5 heteroatoms. The van der Waals surface area contributed by atoms with E-state index in [1.165, 1.54) is 23.8 Å². The first kappa shape index (κ1) is 17.3. The highest BCUT2D eigenvalue weighted by atomic mass is 16.4. The average Bonchev–Trinajstić information content (AvgIpc) is 3.40. The van der Waals surface area contributed by atoms with E-state index in [1.807, 2.05) is 12.3 Å². The molecule has 0 aliphatic heterocycles. The first-order valence-corrected chi connectivity index (χ1v) is 9.72. The lowest BCUT2D eigenvalue weighted by molar-refractivity contribution is -0.139. The maximum Gasteiger partial charge on any atom is 0.317 e. The number of carboxylic acid groups (broad SMARTS) is 1. The van der Waals surface area contributed by atoms with Gasteiger partial charge in [-0.25, -0.2) is 0 Å². The van der Waals surface area contributed by atoms with E-state index in [9.17, 15) is 9.90 Å². The highest BCUT2D eigenvalue weighted by Crippen LogP contribution is 2.35. The number of hydrogen-bond donors (Lipinski definition) is 2. The van der Waals surface area contributed by atoms with Gasteiger partial charge in [-0.1, -0.05) is 13.0 Å². The molecule has 4 rings (SSSR count). The standard InChI is InChI=1S/C21H27N3O2/c1-2-14-5-6-19-18(9-14)20(7-8-22-19)23-16-10-17(11-16)24(13-21(25)26)12-15-3-4-15/h5-9,15-17H,2-4,10-13H2,1H3,(H,22,23)(H,25,26). The summed E-state index contributed by atoms with van der Waals surface area (Å²) in [7, 11) is 0. The molecule has 2 aromatic rings. The summed E-state index contributed by atoms with van der Waals surface area (Å²) in [6.45, 7) is 3.28. The number of aryl methyl sites for hydroxylation is 1. The Morgan fingerprint density at radius 1 is 1.31 bits per heavy atom. The van der Waals surface area contributed by atoms with Gasteiger partial charge in [0, 0.05) is 35.9 Å². The van der Waals surface area contributed by atoms with Gasteiger partial charge in [0.05, 0.1) is 12.1 Å². The number of carboxylic acids is 1. The number of fused-ring (bicyclic) bond motifs is 1. The molecule has 2 N–H and O–H groups in total. The second-order valence-corrected chi connectivity index (χ2v) is 7.80. The van der Waals surface area contributed by atoms with Crippen LogP contribution in [-0.2, 0) is 11.2 Å². The molecule has 1 heterocycles. The summed E-state index contributed by atoms with van der Waals surface area (Å²) in [5.41, 5.74) is 3.47. The molecule has 0 spiro atoms. The van der Waals surface area contributed by atoms with Gasteiger partial charge >= 0.3 is 5.97 Å². The summed E-state index contributed by atoms with van der Waals surface area (Å²) in [5.74, 6) is 0.00671. The molecular weight excluding hydrogens is 326 g/mol.